The van der Waals surface area contributed by atoms with Gasteiger partial charge in [0.1, 0.15) is 5.75 Å². The molecule has 2 rings (SSSR count). The molecule has 1 aliphatic carbocycles. The van der Waals surface area contributed by atoms with Crippen molar-refractivity contribution in [3.8, 4) is 5.75 Å². The van der Waals surface area contributed by atoms with Crippen molar-refractivity contribution in [3.05, 3.63) is 28.8 Å². The average molecular weight is 284 g/mol. The Bertz CT molecular complexity index is 428. The highest BCUT2D eigenvalue weighted by Crippen LogP contribution is 2.32. The Morgan fingerprint density at radius 2 is 2.05 bits per heavy atom. The van der Waals surface area contributed by atoms with Gasteiger partial charge in [0.15, 0.2) is 0 Å². The van der Waals surface area contributed by atoms with Crippen molar-refractivity contribution in [1.29, 1.82) is 0 Å². The third-order valence-corrected chi connectivity index (χ3v) is 4.52. The van der Waals surface area contributed by atoms with Crippen molar-refractivity contribution in [2.75, 3.05) is 6.61 Å². The Kier molecular flexibility index (Phi) is 4.71. The van der Waals surface area contributed by atoms with Crippen molar-refractivity contribution < 1.29 is 10.2 Å². The van der Waals surface area contributed by atoms with Crippen LogP contribution in [0.2, 0.25) is 5.02 Å². The number of aromatic hydroxyl groups is 1. The van der Waals surface area contributed by atoms with E-state index in [9.17, 15) is 10.2 Å². The molecule has 1 fully saturated rings. The van der Waals surface area contributed by atoms with Crippen molar-refractivity contribution in [1.82, 2.24) is 5.32 Å². The van der Waals surface area contributed by atoms with Crippen LogP contribution < -0.4 is 5.32 Å². The van der Waals surface area contributed by atoms with Crippen LogP contribution in [0, 0.1) is 5.92 Å². The maximum absolute atomic E-state index is 9.68. The first kappa shape index (κ1) is 14.6. The Balaban J connectivity index is 1.97. The van der Waals surface area contributed by atoms with Crippen LogP contribution in [0.15, 0.2) is 18.2 Å². The summed E-state index contributed by atoms with van der Waals surface area (Å²) in [5.74, 6) is 0.860. The molecular formula is C15H22ClNO2. The predicted molar refractivity (Wildman–Crippen MR) is 77.4 cm³/mol. The van der Waals surface area contributed by atoms with Crippen molar-refractivity contribution in [2.24, 2.45) is 5.92 Å². The summed E-state index contributed by atoms with van der Waals surface area (Å²) in [6.45, 7) is 3.10. The number of phenolic OH excluding ortho intramolecular Hbond substituents is 1. The SMILES string of the molecule is CC1CCC(CO)(NCc2ccc(O)c(Cl)c2)CC1. The van der Waals surface area contributed by atoms with Crippen LogP contribution >= 0.6 is 11.6 Å². The second-order valence-electron chi connectivity index (χ2n) is 5.76. The summed E-state index contributed by atoms with van der Waals surface area (Å²) in [5.41, 5.74) is 0.867. The molecule has 0 atom stereocenters. The smallest absolute Gasteiger partial charge is 0.134 e. The molecule has 0 spiro atoms. The monoisotopic (exact) mass is 283 g/mol. The summed E-state index contributed by atoms with van der Waals surface area (Å²) < 4.78 is 0. The highest BCUT2D eigenvalue weighted by Gasteiger charge is 2.32. The lowest BCUT2D eigenvalue weighted by molar-refractivity contribution is 0.104. The highest BCUT2D eigenvalue weighted by molar-refractivity contribution is 6.32. The fourth-order valence-electron chi connectivity index (χ4n) is 2.66. The third kappa shape index (κ3) is 3.62. The Hall–Kier alpha value is -0.770. The fraction of sp³-hybridized carbons (Fsp3) is 0.600. The molecule has 0 unspecified atom stereocenters. The van der Waals surface area contributed by atoms with Crippen LogP contribution in [-0.2, 0) is 6.54 Å². The fourth-order valence-corrected chi connectivity index (χ4v) is 2.86. The van der Waals surface area contributed by atoms with E-state index in [4.69, 9.17) is 11.6 Å². The lowest BCUT2D eigenvalue weighted by Gasteiger charge is -2.39. The van der Waals surface area contributed by atoms with E-state index in [2.05, 4.69) is 12.2 Å². The zero-order chi connectivity index (χ0) is 13.9. The van der Waals surface area contributed by atoms with Gasteiger partial charge in [-0.05, 0) is 49.3 Å². The molecule has 0 saturated heterocycles. The van der Waals surface area contributed by atoms with Crippen LogP contribution in [0.4, 0.5) is 0 Å². The third-order valence-electron chi connectivity index (χ3n) is 4.21. The Labute approximate surface area is 119 Å². The highest BCUT2D eigenvalue weighted by atomic mass is 35.5. The van der Waals surface area contributed by atoms with Gasteiger partial charge in [-0.25, -0.2) is 0 Å². The molecule has 0 amide bonds. The van der Waals surface area contributed by atoms with Crippen molar-refractivity contribution in [3.63, 3.8) is 0 Å². The molecule has 0 bridgehead atoms. The molecule has 1 aromatic rings. The quantitative estimate of drug-likeness (QED) is 0.796. The molecule has 1 aliphatic rings. The van der Waals surface area contributed by atoms with Gasteiger partial charge in [-0.2, -0.15) is 0 Å². The standard InChI is InChI=1S/C15H22ClNO2/c1-11-4-6-15(10-18,7-5-11)17-9-12-2-3-14(19)13(16)8-12/h2-3,8,11,17-19H,4-7,9-10H2,1H3. The van der Waals surface area contributed by atoms with Gasteiger partial charge < -0.3 is 15.5 Å². The number of aliphatic hydroxyl groups is 1. The van der Waals surface area contributed by atoms with Crippen LogP contribution in [0.1, 0.15) is 38.2 Å². The number of hydrogen-bond donors (Lipinski definition) is 3. The molecule has 4 heteroatoms. The maximum atomic E-state index is 9.68. The average Bonchev–Trinajstić information content (AvgIpc) is 2.42. The van der Waals surface area contributed by atoms with E-state index in [0.29, 0.717) is 11.6 Å². The molecule has 0 aliphatic heterocycles. The van der Waals surface area contributed by atoms with E-state index in [1.165, 1.54) is 0 Å². The van der Waals surface area contributed by atoms with Crippen molar-refractivity contribution in [2.45, 2.75) is 44.7 Å². The molecule has 3 nitrogen and oxygen atoms in total. The first-order valence-electron chi connectivity index (χ1n) is 6.88. The van der Waals surface area contributed by atoms with E-state index in [1.54, 1.807) is 12.1 Å². The molecule has 0 radical (unpaired) electrons. The summed E-state index contributed by atoms with van der Waals surface area (Å²) in [6, 6.07) is 5.22. The number of aliphatic hydroxyl groups excluding tert-OH is 1. The molecule has 1 aromatic carbocycles. The lowest BCUT2D eigenvalue weighted by atomic mass is 9.77. The summed E-state index contributed by atoms with van der Waals surface area (Å²) in [6.07, 6.45) is 4.33. The molecule has 19 heavy (non-hydrogen) atoms. The number of hydrogen-bond acceptors (Lipinski definition) is 3. The minimum atomic E-state index is -0.156. The molecule has 3 N–H and O–H groups in total. The molecule has 106 valence electrons. The van der Waals surface area contributed by atoms with Gasteiger partial charge in [-0.1, -0.05) is 24.6 Å². The van der Waals surface area contributed by atoms with Gasteiger partial charge in [0.25, 0.3) is 0 Å². The van der Waals surface area contributed by atoms with E-state index >= 15 is 0 Å². The molecular weight excluding hydrogens is 262 g/mol. The summed E-state index contributed by atoms with van der Waals surface area (Å²) >= 11 is 5.90. The van der Waals surface area contributed by atoms with E-state index in [1.807, 2.05) is 6.07 Å². The van der Waals surface area contributed by atoms with Gasteiger partial charge in [0, 0.05) is 12.1 Å². The van der Waals surface area contributed by atoms with Crippen LogP contribution in [-0.4, -0.2) is 22.4 Å². The van der Waals surface area contributed by atoms with E-state index in [-0.39, 0.29) is 17.9 Å². The zero-order valence-corrected chi connectivity index (χ0v) is 12.1. The van der Waals surface area contributed by atoms with Crippen LogP contribution in [0.3, 0.4) is 0 Å². The van der Waals surface area contributed by atoms with Crippen molar-refractivity contribution >= 4 is 11.6 Å². The predicted octanol–water partition coefficient (Wildman–Crippen LogP) is 3.08. The minimum absolute atomic E-state index is 0.105. The minimum Gasteiger partial charge on any atom is -0.506 e. The zero-order valence-electron chi connectivity index (χ0n) is 11.3. The number of halogens is 1. The summed E-state index contributed by atoms with van der Waals surface area (Å²) in [7, 11) is 0. The first-order valence-corrected chi connectivity index (χ1v) is 7.26. The second-order valence-corrected chi connectivity index (χ2v) is 6.17. The topological polar surface area (TPSA) is 52.5 Å². The van der Waals surface area contributed by atoms with Gasteiger partial charge in [0.05, 0.1) is 11.6 Å². The van der Waals surface area contributed by atoms with E-state index in [0.717, 1.165) is 37.2 Å². The summed E-state index contributed by atoms with van der Waals surface area (Å²) in [5, 5.41) is 22.9. The van der Waals surface area contributed by atoms with Gasteiger partial charge in [-0.3, -0.25) is 0 Å². The van der Waals surface area contributed by atoms with Gasteiger partial charge in [0.2, 0.25) is 0 Å². The Morgan fingerprint density at radius 3 is 2.63 bits per heavy atom. The maximum Gasteiger partial charge on any atom is 0.134 e. The largest absolute Gasteiger partial charge is 0.506 e. The van der Waals surface area contributed by atoms with Gasteiger partial charge >= 0.3 is 0 Å². The number of nitrogens with one attached hydrogen (secondary N) is 1. The molecule has 0 aromatic heterocycles. The number of phenols is 1. The Morgan fingerprint density at radius 1 is 1.37 bits per heavy atom. The van der Waals surface area contributed by atoms with E-state index < -0.39 is 0 Å². The second kappa shape index (κ2) is 6.12. The number of benzene rings is 1. The summed E-state index contributed by atoms with van der Waals surface area (Å²) in [4.78, 5) is 0. The molecule has 1 saturated carbocycles. The number of rotatable bonds is 4. The van der Waals surface area contributed by atoms with Gasteiger partial charge in [-0.15, -0.1) is 0 Å². The lowest BCUT2D eigenvalue weighted by Crippen LogP contribution is -2.50. The van der Waals surface area contributed by atoms with Crippen LogP contribution in [0.5, 0.6) is 5.75 Å². The van der Waals surface area contributed by atoms with Crippen LogP contribution in [0.25, 0.3) is 0 Å². The molecule has 0 heterocycles. The first-order chi connectivity index (χ1) is 9.04. The normalized spacial score (nSPS) is 27.4.